The maximum Gasteiger partial charge on any atom is 0.255 e. The predicted octanol–water partition coefficient (Wildman–Crippen LogP) is 2.88. The van der Waals surface area contributed by atoms with Crippen molar-refractivity contribution in [1.82, 2.24) is 10.6 Å². The number of rotatable bonds is 8. The third kappa shape index (κ3) is 4.99. The molecule has 1 atom stereocenters. The zero-order valence-electron chi connectivity index (χ0n) is 16.9. The van der Waals surface area contributed by atoms with Crippen LogP contribution in [-0.4, -0.2) is 31.3 Å². The molecule has 1 aliphatic heterocycles. The standard InChI is InChI=1S/C22H26N2O5/c1-4-27-17-8-6-5-7-16(17)21(25)24-20(14(2)3)22(26)23-12-15-9-10-18-19(11-15)29-13-28-18/h5-11,14,20H,4,12-13H2,1-3H3,(H,23,26)(H,24,25)/t20-/m0/s1. The van der Waals surface area contributed by atoms with Crippen molar-refractivity contribution >= 4 is 11.8 Å². The molecule has 0 radical (unpaired) electrons. The van der Waals surface area contributed by atoms with Crippen LogP contribution in [0.15, 0.2) is 42.5 Å². The first-order chi connectivity index (χ1) is 14.0. The van der Waals surface area contributed by atoms with Crippen LogP contribution in [0.5, 0.6) is 17.2 Å². The van der Waals surface area contributed by atoms with Crippen LogP contribution >= 0.6 is 0 Å². The van der Waals surface area contributed by atoms with Gasteiger partial charge in [0.25, 0.3) is 5.91 Å². The number of fused-ring (bicyclic) bond motifs is 1. The Bertz CT molecular complexity index is 881. The molecule has 0 fully saturated rings. The predicted molar refractivity (Wildman–Crippen MR) is 108 cm³/mol. The molecule has 0 aliphatic carbocycles. The molecule has 3 rings (SSSR count). The van der Waals surface area contributed by atoms with E-state index in [0.717, 1.165) is 5.56 Å². The van der Waals surface area contributed by atoms with E-state index in [0.29, 0.717) is 36.0 Å². The number of hydrogen-bond donors (Lipinski definition) is 2. The van der Waals surface area contributed by atoms with E-state index in [9.17, 15) is 9.59 Å². The van der Waals surface area contributed by atoms with Crippen LogP contribution < -0.4 is 24.8 Å². The lowest BCUT2D eigenvalue weighted by Crippen LogP contribution is -2.49. The van der Waals surface area contributed by atoms with Crippen molar-refractivity contribution in [3.8, 4) is 17.2 Å². The van der Waals surface area contributed by atoms with Crippen LogP contribution in [0, 0.1) is 5.92 Å². The molecule has 0 saturated heterocycles. The first kappa shape index (κ1) is 20.5. The molecule has 1 aliphatic rings. The summed E-state index contributed by atoms with van der Waals surface area (Å²) in [5, 5.41) is 5.72. The van der Waals surface area contributed by atoms with E-state index in [4.69, 9.17) is 14.2 Å². The van der Waals surface area contributed by atoms with Crippen molar-refractivity contribution in [3.63, 3.8) is 0 Å². The second-order valence-electron chi connectivity index (χ2n) is 7.03. The molecular formula is C22H26N2O5. The fourth-order valence-corrected chi connectivity index (χ4v) is 3.04. The van der Waals surface area contributed by atoms with Crippen molar-refractivity contribution in [2.45, 2.75) is 33.4 Å². The maximum absolute atomic E-state index is 12.8. The number of carbonyl (C=O) groups excluding carboxylic acids is 2. The number of nitrogens with one attached hydrogen (secondary N) is 2. The third-order valence-corrected chi connectivity index (χ3v) is 4.57. The fraction of sp³-hybridized carbons (Fsp3) is 0.364. The summed E-state index contributed by atoms with van der Waals surface area (Å²) in [6.45, 7) is 6.61. The summed E-state index contributed by atoms with van der Waals surface area (Å²) < 4.78 is 16.2. The summed E-state index contributed by atoms with van der Waals surface area (Å²) in [6.07, 6.45) is 0. The van der Waals surface area contributed by atoms with Gasteiger partial charge in [-0.2, -0.15) is 0 Å². The molecule has 2 N–H and O–H groups in total. The van der Waals surface area contributed by atoms with Crippen molar-refractivity contribution in [1.29, 1.82) is 0 Å². The van der Waals surface area contributed by atoms with Crippen LogP contribution in [0.3, 0.4) is 0 Å². The third-order valence-electron chi connectivity index (χ3n) is 4.57. The Morgan fingerprint density at radius 1 is 1.10 bits per heavy atom. The van der Waals surface area contributed by atoms with Crippen LogP contribution in [-0.2, 0) is 11.3 Å². The number of carbonyl (C=O) groups is 2. The topological polar surface area (TPSA) is 85.9 Å². The summed E-state index contributed by atoms with van der Waals surface area (Å²) >= 11 is 0. The number of ether oxygens (including phenoxy) is 3. The lowest BCUT2D eigenvalue weighted by atomic mass is 10.0. The van der Waals surface area contributed by atoms with E-state index in [1.807, 2.05) is 39.0 Å². The summed E-state index contributed by atoms with van der Waals surface area (Å²) in [7, 11) is 0. The van der Waals surface area contributed by atoms with Gasteiger partial charge in [0.1, 0.15) is 11.8 Å². The quantitative estimate of drug-likeness (QED) is 0.714. The van der Waals surface area contributed by atoms with E-state index in [-0.39, 0.29) is 24.5 Å². The Hall–Kier alpha value is -3.22. The summed E-state index contributed by atoms with van der Waals surface area (Å²) in [6, 6.07) is 11.8. The second-order valence-corrected chi connectivity index (χ2v) is 7.03. The number of hydrogen-bond acceptors (Lipinski definition) is 5. The maximum atomic E-state index is 12.8. The molecule has 7 heteroatoms. The zero-order chi connectivity index (χ0) is 20.8. The highest BCUT2D eigenvalue weighted by molar-refractivity contribution is 5.99. The highest BCUT2D eigenvalue weighted by Gasteiger charge is 2.26. The van der Waals surface area contributed by atoms with Crippen LogP contribution in [0.2, 0.25) is 0 Å². The SMILES string of the molecule is CCOc1ccccc1C(=O)N[C@H](C(=O)NCc1ccc2c(c1)OCO2)C(C)C. The summed E-state index contributed by atoms with van der Waals surface area (Å²) in [5.74, 6) is 1.18. The molecule has 1 heterocycles. The normalized spacial score (nSPS) is 13.1. The summed E-state index contributed by atoms with van der Waals surface area (Å²) in [4.78, 5) is 25.5. The molecule has 0 bridgehead atoms. The van der Waals surface area contributed by atoms with E-state index >= 15 is 0 Å². The average molecular weight is 398 g/mol. The van der Waals surface area contributed by atoms with Gasteiger partial charge in [-0.25, -0.2) is 0 Å². The van der Waals surface area contributed by atoms with Gasteiger partial charge in [-0.3, -0.25) is 9.59 Å². The smallest absolute Gasteiger partial charge is 0.255 e. The molecule has 0 saturated carbocycles. The number of amides is 2. The van der Waals surface area contributed by atoms with Gasteiger partial charge >= 0.3 is 0 Å². The Kier molecular flexibility index (Phi) is 6.59. The molecule has 2 aromatic rings. The van der Waals surface area contributed by atoms with Crippen molar-refractivity contribution in [2.75, 3.05) is 13.4 Å². The van der Waals surface area contributed by atoms with Crippen molar-refractivity contribution in [3.05, 3.63) is 53.6 Å². The van der Waals surface area contributed by atoms with E-state index in [1.54, 1.807) is 24.3 Å². The first-order valence-electron chi connectivity index (χ1n) is 9.68. The van der Waals surface area contributed by atoms with Gasteiger partial charge in [-0.15, -0.1) is 0 Å². The average Bonchev–Trinajstić information content (AvgIpc) is 3.18. The van der Waals surface area contributed by atoms with Crippen molar-refractivity contribution < 1.29 is 23.8 Å². The van der Waals surface area contributed by atoms with Gasteiger partial charge in [0.2, 0.25) is 12.7 Å². The fourth-order valence-electron chi connectivity index (χ4n) is 3.04. The van der Waals surface area contributed by atoms with Gasteiger partial charge in [0, 0.05) is 6.54 Å². The molecule has 2 amide bonds. The van der Waals surface area contributed by atoms with Gasteiger partial charge in [0.15, 0.2) is 11.5 Å². The second kappa shape index (κ2) is 9.32. The van der Waals surface area contributed by atoms with E-state index in [2.05, 4.69) is 10.6 Å². The largest absolute Gasteiger partial charge is 0.493 e. The van der Waals surface area contributed by atoms with Gasteiger partial charge in [0.05, 0.1) is 12.2 Å². The van der Waals surface area contributed by atoms with Crippen LogP contribution in [0.1, 0.15) is 36.7 Å². The summed E-state index contributed by atoms with van der Waals surface area (Å²) in [5.41, 5.74) is 1.29. The van der Waals surface area contributed by atoms with Crippen LogP contribution in [0.4, 0.5) is 0 Å². The molecular weight excluding hydrogens is 372 g/mol. The Balaban J connectivity index is 1.64. The highest BCUT2D eigenvalue weighted by Crippen LogP contribution is 2.32. The van der Waals surface area contributed by atoms with E-state index < -0.39 is 6.04 Å². The van der Waals surface area contributed by atoms with Gasteiger partial charge < -0.3 is 24.8 Å². The lowest BCUT2D eigenvalue weighted by Gasteiger charge is -2.22. The molecule has 0 spiro atoms. The Morgan fingerprint density at radius 3 is 2.62 bits per heavy atom. The molecule has 0 unspecified atom stereocenters. The highest BCUT2D eigenvalue weighted by atomic mass is 16.7. The minimum absolute atomic E-state index is 0.0880. The zero-order valence-corrected chi connectivity index (χ0v) is 16.9. The minimum Gasteiger partial charge on any atom is -0.493 e. The minimum atomic E-state index is -0.675. The lowest BCUT2D eigenvalue weighted by molar-refractivity contribution is -0.124. The Labute approximate surface area is 170 Å². The molecule has 2 aromatic carbocycles. The molecule has 154 valence electrons. The number of para-hydroxylation sites is 1. The van der Waals surface area contributed by atoms with Crippen LogP contribution in [0.25, 0.3) is 0 Å². The van der Waals surface area contributed by atoms with Crippen molar-refractivity contribution in [2.24, 2.45) is 5.92 Å². The number of benzene rings is 2. The molecule has 7 nitrogen and oxygen atoms in total. The van der Waals surface area contributed by atoms with Gasteiger partial charge in [-0.05, 0) is 42.7 Å². The van der Waals surface area contributed by atoms with E-state index in [1.165, 1.54) is 0 Å². The molecule has 0 aromatic heterocycles. The monoisotopic (exact) mass is 398 g/mol. The Morgan fingerprint density at radius 2 is 1.86 bits per heavy atom. The van der Waals surface area contributed by atoms with Gasteiger partial charge in [-0.1, -0.05) is 32.0 Å². The molecule has 29 heavy (non-hydrogen) atoms. The first-order valence-corrected chi connectivity index (χ1v) is 9.68.